The Kier molecular flexibility index (Phi) is 7.82. The Labute approximate surface area is 119 Å². The zero-order valence-electron chi connectivity index (χ0n) is 11.6. The molecule has 0 aliphatic rings. The average Bonchev–Trinajstić information content (AvgIpc) is 2.42. The van der Waals surface area contributed by atoms with Crippen molar-refractivity contribution in [3.63, 3.8) is 0 Å². The summed E-state index contributed by atoms with van der Waals surface area (Å²) in [6, 6.07) is 5.71. The van der Waals surface area contributed by atoms with Gasteiger partial charge in [-0.05, 0) is 24.1 Å². The van der Waals surface area contributed by atoms with Gasteiger partial charge in [-0.25, -0.2) is 0 Å². The van der Waals surface area contributed by atoms with E-state index in [9.17, 15) is 0 Å². The summed E-state index contributed by atoms with van der Waals surface area (Å²) in [5.74, 6) is 0. The van der Waals surface area contributed by atoms with Crippen LogP contribution in [0.2, 0.25) is 5.02 Å². The molecule has 108 valence electrons. The highest BCUT2D eigenvalue weighted by atomic mass is 35.5. The van der Waals surface area contributed by atoms with Gasteiger partial charge in [-0.1, -0.05) is 17.7 Å². The van der Waals surface area contributed by atoms with Crippen molar-refractivity contribution in [3.05, 3.63) is 28.8 Å². The molecule has 1 N–H and O–H groups in total. The molecule has 0 heterocycles. The zero-order chi connectivity index (χ0) is 14.1. The summed E-state index contributed by atoms with van der Waals surface area (Å²) in [6.45, 7) is 3.03. The van der Waals surface area contributed by atoms with Gasteiger partial charge in [0.15, 0.2) is 0 Å². The van der Waals surface area contributed by atoms with Crippen LogP contribution >= 0.6 is 11.6 Å². The van der Waals surface area contributed by atoms with Crippen LogP contribution in [0.15, 0.2) is 18.2 Å². The lowest BCUT2D eigenvalue weighted by Gasteiger charge is -2.25. The summed E-state index contributed by atoms with van der Waals surface area (Å²) in [5.41, 5.74) is 1.78. The number of hydrogen-bond acceptors (Lipinski definition) is 4. The lowest BCUT2D eigenvalue weighted by Crippen LogP contribution is -2.29. The second-order valence-corrected chi connectivity index (χ2v) is 4.67. The molecule has 19 heavy (non-hydrogen) atoms. The molecule has 0 unspecified atom stereocenters. The molecule has 0 saturated heterocycles. The van der Waals surface area contributed by atoms with Crippen molar-refractivity contribution in [1.82, 2.24) is 0 Å². The van der Waals surface area contributed by atoms with Crippen LogP contribution in [0.5, 0.6) is 0 Å². The molecular formula is C14H22ClNO3. The van der Waals surface area contributed by atoms with Crippen molar-refractivity contribution in [2.24, 2.45) is 0 Å². The van der Waals surface area contributed by atoms with Crippen molar-refractivity contribution in [3.8, 4) is 0 Å². The normalized spacial score (nSPS) is 10.7. The SMILES string of the molecule is COCCCN(CCOC)c1ccc(CO)c(Cl)c1. The molecule has 5 heteroatoms. The number of nitrogens with zero attached hydrogens (tertiary/aromatic N) is 1. The van der Waals surface area contributed by atoms with Crippen LogP contribution in [-0.4, -0.2) is 45.6 Å². The van der Waals surface area contributed by atoms with Crippen LogP contribution in [-0.2, 0) is 16.1 Å². The first-order chi connectivity index (χ1) is 9.22. The topological polar surface area (TPSA) is 41.9 Å². The number of aliphatic hydroxyl groups excluding tert-OH is 1. The fourth-order valence-electron chi connectivity index (χ4n) is 1.83. The first-order valence-corrected chi connectivity index (χ1v) is 6.72. The van der Waals surface area contributed by atoms with Crippen LogP contribution in [0.1, 0.15) is 12.0 Å². The number of methoxy groups -OCH3 is 2. The number of benzene rings is 1. The Balaban J connectivity index is 2.74. The van der Waals surface area contributed by atoms with Gasteiger partial charge in [-0.3, -0.25) is 0 Å². The van der Waals surface area contributed by atoms with Crippen molar-refractivity contribution in [2.75, 3.05) is 45.4 Å². The third-order valence-corrected chi connectivity index (χ3v) is 3.27. The van der Waals surface area contributed by atoms with Crippen LogP contribution < -0.4 is 4.90 Å². The van der Waals surface area contributed by atoms with E-state index in [1.54, 1.807) is 14.2 Å². The smallest absolute Gasteiger partial charge is 0.0696 e. The van der Waals surface area contributed by atoms with Crippen molar-refractivity contribution < 1.29 is 14.6 Å². The maximum absolute atomic E-state index is 9.13. The van der Waals surface area contributed by atoms with E-state index in [0.29, 0.717) is 11.6 Å². The minimum absolute atomic E-state index is 0.0408. The predicted molar refractivity (Wildman–Crippen MR) is 78.0 cm³/mol. The minimum Gasteiger partial charge on any atom is -0.392 e. The number of aliphatic hydroxyl groups is 1. The predicted octanol–water partition coefficient (Wildman–Crippen LogP) is 2.32. The summed E-state index contributed by atoms with van der Waals surface area (Å²) in [5, 5.41) is 9.72. The van der Waals surface area contributed by atoms with Crippen LogP contribution in [0.25, 0.3) is 0 Å². The first-order valence-electron chi connectivity index (χ1n) is 6.35. The molecule has 1 rings (SSSR count). The largest absolute Gasteiger partial charge is 0.392 e. The quantitative estimate of drug-likeness (QED) is 0.708. The van der Waals surface area contributed by atoms with Gasteiger partial charge in [-0.15, -0.1) is 0 Å². The second kappa shape index (κ2) is 9.15. The molecule has 0 aliphatic heterocycles. The zero-order valence-corrected chi connectivity index (χ0v) is 12.3. The number of halogens is 1. The third-order valence-electron chi connectivity index (χ3n) is 2.91. The molecule has 0 saturated carbocycles. The number of hydrogen-bond donors (Lipinski definition) is 1. The van der Waals surface area contributed by atoms with Crippen LogP contribution in [0.3, 0.4) is 0 Å². The fourth-order valence-corrected chi connectivity index (χ4v) is 2.07. The minimum atomic E-state index is -0.0408. The molecule has 0 bridgehead atoms. The van der Waals surface area contributed by atoms with Gasteiger partial charge in [0.25, 0.3) is 0 Å². The summed E-state index contributed by atoms with van der Waals surface area (Å²) >= 11 is 6.13. The highest BCUT2D eigenvalue weighted by Crippen LogP contribution is 2.24. The van der Waals surface area contributed by atoms with E-state index < -0.39 is 0 Å². The van der Waals surface area contributed by atoms with Gasteiger partial charge in [0.1, 0.15) is 0 Å². The second-order valence-electron chi connectivity index (χ2n) is 4.26. The highest BCUT2D eigenvalue weighted by molar-refractivity contribution is 6.31. The van der Waals surface area contributed by atoms with Crippen LogP contribution in [0, 0.1) is 0 Å². The molecule has 0 atom stereocenters. The van der Waals surface area contributed by atoms with Gasteiger partial charge in [0, 0.05) is 44.6 Å². The number of ether oxygens (including phenoxy) is 2. The molecule has 1 aromatic carbocycles. The van der Waals surface area contributed by atoms with Gasteiger partial charge < -0.3 is 19.5 Å². The van der Waals surface area contributed by atoms with Gasteiger partial charge in [-0.2, -0.15) is 0 Å². The lowest BCUT2D eigenvalue weighted by molar-refractivity contribution is 0.191. The van der Waals surface area contributed by atoms with E-state index in [4.69, 9.17) is 26.2 Å². The Morgan fingerprint density at radius 2 is 1.89 bits per heavy atom. The van der Waals surface area contributed by atoms with Gasteiger partial charge in [0.05, 0.1) is 13.2 Å². The van der Waals surface area contributed by atoms with Crippen LogP contribution in [0.4, 0.5) is 5.69 Å². The summed E-state index contributed by atoms with van der Waals surface area (Å²) in [7, 11) is 3.39. The van der Waals surface area contributed by atoms with E-state index in [0.717, 1.165) is 37.4 Å². The molecule has 0 amide bonds. The maximum atomic E-state index is 9.13. The number of rotatable bonds is 9. The molecule has 0 aromatic heterocycles. The Morgan fingerprint density at radius 1 is 1.16 bits per heavy atom. The summed E-state index contributed by atoms with van der Waals surface area (Å²) in [6.07, 6.45) is 0.944. The fraction of sp³-hybridized carbons (Fsp3) is 0.571. The molecule has 4 nitrogen and oxygen atoms in total. The van der Waals surface area contributed by atoms with E-state index in [1.807, 2.05) is 18.2 Å². The molecule has 0 radical (unpaired) electrons. The standard InChI is InChI=1S/C14H22ClNO3/c1-18-8-3-6-16(7-9-19-2)13-5-4-12(11-17)14(15)10-13/h4-5,10,17H,3,6-9,11H2,1-2H3. The van der Waals surface area contributed by atoms with Crippen molar-refractivity contribution >= 4 is 17.3 Å². The summed E-state index contributed by atoms with van der Waals surface area (Å²) in [4.78, 5) is 2.20. The first kappa shape index (κ1) is 16.2. The van der Waals surface area contributed by atoms with Gasteiger partial charge >= 0.3 is 0 Å². The molecule has 0 fully saturated rings. The molecular weight excluding hydrogens is 266 g/mol. The average molecular weight is 288 g/mol. The summed E-state index contributed by atoms with van der Waals surface area (Å²) < 4.78 is 10.2. The highest BCUT2D eigenvalue weighted by Gasteiger charge is 2.08. The van der Waals surface area contributed by atoms with Crippen molar-refractivity contribution in [2.45, 2.75) is 13.0 Å². The monoisotopic (exact) mass is 287 g/mol. The van der Waals surface area contributed by atoms with E-state index in [1.165, 1.54) is 0 Å². The Hall–Kier alpha value is -0.810. The van der Waals surface area contributed by atoms with E-state index >= 15 is 0 Å². The van der Waals surface area contributed by atoms with E-state index in [2.05, 4.69) is 4.90 Å². The van der Waals surface area contributed by atoms with E-state index in [-0.39, 0.29) is 6.61 Å². The molecule has 0 spiro atoms. The number of anilines is 1. The van der Waals surface area contributed by atoms with Gasteiger partial charge in [0.2, 0.25) is 0 Å². The Bertz CT molecular complexity index is 374. The molecule has 0 aliphatic carbocycles. The Morgan fingerprint density at radius 3 is 2.47 bits per heavy atom. The van der Waals surface area contributed by atoms with Crippen molar-refractivity contribution in [1.29, 1.82) is 0 Å². The maximum Gasteiger partial charge on any atom is 0.0696 e. The molecule has 1 aromatic rings. The third kappa shape index (κ3) is 5.37. The lowest BCUT2D eigenvalue weighted by atomic mass is 10.2.